The first-order valence-corrected chi connectivity index (χ1v) is 18.6. The number of hydrogen-bond donors (Lipinski definition) is 9. The highest BCUT2D eigenvalue weighted by Gasteiger charge is 2.86. The molecule has 49 heavy (non-hydrogen) atoms. The molecule has 282 valence electrons. The molecule has 1 unspecified atom stereocenters. The van der Waals surface area contributed by atoms with Crippen LogP contribution in [0.25, 0.3) is 0 Å². The molecule has 1 aliphatic heterocycles. The first kappa shape index (κ1) is 37.8. The summed E-state index contributed by atoms with van der Waals surface area (Å²) in [5, 5.41) is 96.9. The lowest BCUT2D eigenvalue weighted by Crippen LogP contribution is -2.65. The zero-order valence-electron chi connectivity index (χ0n) is 30.0. The van der Waals surface area contributed by atoms with Crippen molar-refractivity contribution in [3.05, 3.63) is 0 Å². The van der Waals surface area contributed by atoms with E-state index in [1.54, 1.807) is 6.92 Å². The van der Waals surface area contributed by atoms with Crippen molar-refractivity contribution in [3.63, 3.8) is 0 Å². The van der Waals surface area contributed by atoms with Crippen molar-refractivity contribution in [1.29, 1.82) is 0 Å². The van der Waals surface area contributed by atoms with Crippen molar-refractivity contribution < 1.29 is 60.2 Å². The molecule has 0 bridgehead atoms. The Labute approximate surface area is 289 Å². The summed E-state index contributed by atoms with van der Waals surface area (Å²) >= 11 is 0. The quantitative estimate of drug-likeness (QED) is 0.153. The molecule has 9 N–H and O–H groups in total. The largest absolute Gasteiger partial charge is 0.432 e. The maximum atomic E-state index is 14.1. The second-order valence-electron chi connectivity index (χ2n) is 18.3. The van der Waals surface area contributed by atoms with Gasteiger partial charge in [0.05, 0.1) is 42.5 Å². The normalized spacial score (nSPS) is 53.8. The minimum Gasteiger partial charge on any atom is -0.432 e. The van der Waals surface area contributed by atoms with Crippen LogP contribution in [0.3, 0.4) is 0 Å². The maximum Gasteiger partial charge on any atom is 0.317 e. The Morgan fingerprint density at radius 3 is 2.16 bits per heavy atom. The Hall–Kier alpha value is -0.930. The lowest BCUT2D eigenvalue weighted by Gasteiger charge is -2.63. The van der Waals surface area contributed by atoms with Crippen LogP contribution in [-0.2, 0) is 14.3 Å². The van der Waals surface area contributed by atoms with Gasteiger partial charge in [0.1, 0.15) is 24.4 Å². The predicted octanol–water partition coefficient (Wildman–Crippen LogP) is 0.847. The Morgan fingerprint density at radius 1 is 0.898 bits per heavy atom. The molecule has 6 fully saturated rings. The number of carbonyl (C=O) groups excluding carboxylic acids is 1. The van der Waals surface area contributed by atoms with E-state index in [4.69, 9.17) is 9.47 Å². The van der Waals surface area contributed by atoms with Crippen molar-refractivity contribution >= 4 is 5.97 Å². The van der Waals surface area contributed by atoms with Gasteiger partial charge in [-0.1, -0.05) is 34.6 Å². The van der Waals surface area contributed by atoms with Gasteiger partial charge in [0, 0.05) is 11.8 Å². The van der Waals surface area contributed by atoms with Gasteiger partial charge in [-0.2, -0.15) is 0 Å². The molecule has 0 aromatic heterocycles. The van der Waals surface area contributed by atoms with E-state index in [-0.39, 0.29) is 52.9 Å². The van der Waals surface area contributed by atoms with E-state index in [1.807, 2.05) is 13.8 Å². The fraction of sp³-hybridized carbons (Fsp3) is 0.973. The molecule has 0 aromatic carbocycles. The lowest BCUT2D eigenvalue weighted by atomic mass is 9.41. The van der Waals surface area contributed by atoms with Gasteiger partial charge in [-0.05, 0) is 104 Å². The van der Waals surface area contributed by atoms with Gasteiger partial charge in [-0.3, -0.25) is 4.79 Å². The Kier molecular flexibility index (Phi) is 9.50. The smallest absolute Gasteiger partial charge is 0.317 e. The maximum absolute atomic E-state index is 14.1. The Morgan fingerprint density at radius 2 is 1.55 bits per heavy atom. The third-order valence-electron chi connectivity index (χ3n) is 16.4. The highest BCUT2D eigenvalue weighted by atomic mass is 16.7. The van der Waals surface area contributed by atoms with Crippen LogP contribution in [0.5, 0.6) is 0 Å². The first-order valence-electron chi connectivity index (χ1n) is 18.6. The number of ether oxygens (including phenoxy) is 2. The second kappa shape index (κ2) is 12.3. The van der Waals surface area contributed by atoms with Crippen molar-refractivity contribution in [2.45, 2.75) is 154 Å². The summed E-state index contributed by atoms with van der Waals surface area (Å²) in [4.78, 5) is 14.1. The van der Waals surface area contributed by atoms with Gasteiger partial charge in [0.15, 0.2) is 0 Å². The van der Waals surface area contributed by atoms with Gasteiger partial charge >= 0.3 is 5.97 Å². The first-order chi connectivity index (χ1) is 22.8. The van der Waals surface area contributed by atoms with Gasteiger partial charge < -0.3 is 55.4 Å². The van der Waals surface area contributed by atoms with Crippen LogP contribution in [-0.4, -0.2) is 120 Å². The van der Waals surface area contributed by atoms with Gasteiger partial charge in [-0.25, -0.2) is 0 Å². The fourth-order valence-electron chi connectivity index (χ4n) is 13.1. The molecule has 6 rings (SSSR count). The predicted molar refractivity (Wildman–Crippen MR) is 175 cm³/mol. The SMILES string of the molecule is CC(C)C(O)(CO)CC[C@@H](C)[C@H]1[C@H](O)C[C@@]2(C)[C@@H]3CC[C@H]4[C@](C)(C(=O)O[C@@H]5O[C@H](CO)[C@@H](O)[C@H](O)[C@H]5O)[C@@H](O)C[C@H](O)[C@@]45C[C@@]35CC[C@]12C. The van der Waals surface area contributed by atoms with E-state index >= 15 is 0 Å². The van der Waals surface area contributed by atoms with E-state index in [0.717, 1.165) is 19.3 Å². The average molecular weight is 699 g/mol. The van der Waals surface area contributed by atoms with Crippen molar-refractivity contribution in [1.82, 2.24) is 0 Å². The van der Waals surface area contributed by atoms with Crippen molar-refractivity contribution in [3.8, 4) is 0 Å². The van der Waals surface area contributed by atoms with Gasteiger partial charge in [-0.15, -0.1) is 0 Å². The van der Waals surface area contributed by atoms with E-state index in [2.05, 4.69) is 20.8 Å². The van der Waals surface area contributed by atoms with Gasteiger partial charge in [0.25, 0.3) is 0 Å². The topological polar surface area (TPSA) is 218 Å². The summed E-state index contributed by atoms with van der Waals surface area (Å²) in [6, 6.07) is 0. The van der Waals surface area contributed by atoms with Crippen LogP contribution in [0.15, 0.2) is 0 Å². The molecular weight excluding hydrogens is 636 g/mol. The third-order valence-corrected chi connectivity index (χ3v) is 16.4. The number of aliphatic hydroxyl groups is 9. The van der Waals surface area contributed by atoms with Crippen molar-refractivity contribution in [2.24, 2.45) is 56.7 Å². The van der Waals surface area contributed by atoms with E-state index in [9.17, 15) is 50.8 Å². The van der Waals surface area contributed by atoms with E-state index in [1.165, 1.54) is 0 Å². The molecule has 0 amide bonds. The number of aliphatic hydroxyl groups excluding tert-OH is 8. The molecule has 0 radical (unpaired) electrons. The minimum absolute atomic E-state index is 0.00531. The monoisotopic (exact) mass is 698 g/mol. The zero-order valence-corrected chi connectivity index (χ0v) is 30.0. The molecule has 12 heteroatoms. The molecule has 2 spiro atoms. The zero-order chi connectivity index (χ0) is 36.3. The fourth-order valence-corrected chi connectivity index (χ4v) is 13.1. The third kappa shape index (κ3) is 4.94. The molecule has 18 atom stereocenters. The number of hydrogen-bond acceptors (Lipinski definition) is 12. The summed E-state index contributed by atoms with van der Waals surface area (Å²) < 4.78 is 11.2. The van der Waals surface area contributed by atoms with Gasteiger partial charge in [0.2, 0.25) is 6.29 Å². The van der Waals surface area contributed by atoms with E-state index < -0.39 is 83.9 Å². The summed E-state index contributed by atoms with van der Waals surface area (Å²) in [5.74, 6) is -1.09. The summed E-state index contributed by atoms with van der Waals surface area (Å²) in [5.41, 5.74) is -4.03. The van der Waals surface area contributed by atoms with E-state index in [0.29, 0.717) is 32.1 Å². The highest BCUT2D eigenvalue weighted by molar-refractivity contribution is 5.78. The number of esters is 1. The van der Waals surface area contributed by atoms with Crippen LogP contribution in [0.2, 0.25) is 0 Å². The van der Waals surface area contributed by atoms with Crippen LogP contribution in [0, 0.1) is 56.7 Å². The lowest BCUT2D eigenvalue weighted by molar-refractivity contribution is -0.300. The molecule has 12 nitrogen and oxygen atoms in total. The molecule has 1 heterocycles. The van der Waals surface area contributed by atoms with Crippen LogP contribution >= 0.6 is 0 Å². The highest BCUT2D eigenvalue weighted by Crippen LogP contribution is 2.89. The van der Waals surface area contributed by atoms with Crippen LogP contribution in [0.1, 0.15) is 99.3 Å². The number of carbonyl (C=O) groups is 1. The molecule has 5 saturated carbocycles. The summed E-state index contributed by atoms with van der Waals surface area (Å²) in [7, 11) is 0. The number of rotatable bonds is 9. The molecule has 5 aliphatic carbocycles. The van der Waals surface area contributed by atoms with Crippen LogP contribution < -0.4 is 0 Å². The standard InChI is InChI=1S/C37H62O12/c1-18(2)36(47,17-39)10-9-19(3)26-20(40)14-33(5)22-7-8-23-34(6,31(46)49-30-29(45)28(44)27(43)21(15-38)48-30)24(41)13-25(42)37(23)16-35(22,37)12-11-32(26,33)4/h18-30,38-45,47H,7-17H2,1-6H3/t19-,20-,21-,22+,23+,24+,25+,26+,27-,28+,29-,30+,32-,33+,34+,35+,36?,37-/m1/s1. The Balaban J connectivity index is 1.26. The summed E-state index contributed by atoms with van der Waals surface area (Å²) in [6.45, 7) is 11.3. The average Bonchev–Trinajstić information content (AvgIpc) is 3.69. The molecule has 1 saturated heterocycles. The molecule has 0 aromatic rings. The molecule has 6 aliphatic rings. The Bertz CT molecular complexity index is 1260. The summed E-state index contributed by atoms with van der Waals surface area (Å²) in [6.07, 6.45) is -5.28. The van der Waals surface area contributed by atoms with Crippen LogP contribution in [0.4, 0.5) is 0 Å². The second-order valence-corrected chi connectivity index (χ2v) is 18.3. The molecular formula is C37H62O12. The van der Waals surface area contributed by atoms with Crippen molar-refractivity contribution in [2.75, 3.05) is 13.2 Å². The minimum atomic E-state index is -1.77. The number of fused-ring (bicyclic) bond motifs is 2.